The Labute approximate surface area is 99.5 Å². The van der Waals surface area contributed by atoms with E-state index in [9.17, 15) is 4.39 Å². The first-order chi connectivity index (χ1) is 8.22. The molecule has 0 bridgehead atoms. The van der Waals surface area contributed by atoms with E-state index < -0.39 is 0 Å². The van der Waals surface area contributed by atoms with Gasteiger partial charge in [0.25, 0.3) is 0 Å². The molecular formula is C12H15FN4. The molecule has 0 saturated carbocycles. The minimum Gasteiger partial charge on any atom is -0.311 e. The highest BCUT2D eigenvalue weighted by atomic mass is 19.1. The molecule has 4 nitrogen and oxygen atoms in total. The van der Waals surface area contributed by atoms with Gasteiger partial charge in [-0.3, -0.25) is 0 Å². The van der Waals surface area contributed by atoms with Gasteiger partial charge in [0, 0.05) is 6.54 Å². The predicted octanol–water partition coefficient (Wildman–Crippen LogP) is 1.82. The summed E-state index contributed by atoms with van der Waals surface area (Å²) in [6, 6.07) is 4.96. The Kier molecular flexibility index (Phi) is 3.49. The molecule has 1 heterocycles. The van der Waals surface area contributed by atoms with E-state index in [2.05, 4.69) is 15.6 Å². The molecular weight excluding hydrogens is 219 g/mol. The van der Waals surface area contributed by atoms with E-state index in [-0.39, 0.29) is 5.82 Å². The van der Waals surface area contributed by atoms with Crippen LogP contribution >= 0.6 is 0 Å². The Hall–Kier alpha value is -1.75. The molecule has 2 aromatic rings. The molecule has 0 radical (unpaired) electrons. The van der Waals surface area contributed by atoms with Crippen LogP contribution in [0, 0.1) is 12.7 Å². The fraction of sp³-hybridized carbons (Fsp3) is 0.333. The van der Waals surface area contributed by atoms with Crippen LogP contribution in [0.5, 0.6) is 0 Å². The van der Waals surface area contributed by atoms with Crippen molar-refractivity contribution in [2.24, 2.45) is 0 Å². The number of para-hydroxylation sites is 1. The van der Waals surface area contributed by atoms with Gasteiger partial charge in [0.2, 0.25) is 0 Å². The van der Waals surface area contributed by atoms with Crippen LogP contribution in [0.25, 0.3) is 5.69 Å². The summed E-state index contributed by atoms with van der Waals surface area (Å²) < 4.78 is 15.2. The third kappa shape index (κ3) is 2.50. The largest absolute Gasteiger partial charge is 0.311 e. The van der Waals surface area contributed by atoms with Crippen molar-refractivity contribution in [1.29, 1.82) is 0 Å². The molecule has 0 unspecified atom stereocenters. The lowest BCUT2D eigenvalue weighted by atomic mass is 10.2. The zero-order valence-electron chi connectivity index (χ0n) is 9.94. The van der Waals surface area contributed by atoms with Gasteiger partial charge >= 0.3 is 0 Å². The van der Waals surface area contributed by atoms with E-state index in [0.29, 0.717) is 12.2 Å². The zero-order valence-corrected chi connectivity index (χ0v) is 9.94. The Morgan fingerprint density at radius 3 is 2.94 bits per heavy atom. The van der Waals surface area contributed by atoms with Gasteiger partial charge < -0.3 is 5.32 Å². The van der Waals surface area contributed by atoms with E-state index in [1.54, 1.807) is 12.3 Å². The maximum Gasteiger partial charge on any atom is 0.149 e. The van der Waals surface area contributed by atoms with Gasteiger partial charge in [-0.25, -0.2) is 9.07 Å². The van der Waals surface area contributed by atoms with Crippen LogP contribution in [0.1, 0.15) is 18.2 Å². The summed E-state index contributed by atoms with van der Waals surface area (Å²) in [5, 5.41) is 11.1. The molecule has 0 aliphatic carbocycles. The summed E-state index contributed by atoms with van der Waals surface area (Å²) in [5.74, 6) is -0.287. The first kappa shape index (κ1) is 11.7. The van der Waals surface area contributed by atoms with E-state index in [1.165, 1.54) is 10.7 Å². The summed E-state index contributed by atoms with van der Waals surface area (Å²) in [6.45, 7) is 5.38. The lowest BCUT2D eigenvalue weighted by Gasteiger charge is -2.05. The van der Waals surface area contributed by atoms with Gasteiger partial charge in [-0.2, -0.15) is 0 Å². The Morgan fingerprint density at radius 1 is 1.41 bits per heavy atom. The van der Waals surface area contributed by atoms with Crippen molar-refractivity contribution in [3.8, 4) is 5.69 Å². The van der Waals surface area contributed by atoms with Crippen molar-refractivity contribution in [2.45, 2.75) is 20.4 Å². The Morgan fingerprint density at radius 2 is 2.24 bits per heavy atom. The van der Waals surface area contributed by atoms with Gasteiger partial charge in [-0.15, -0.1) is 5.10 Å². The van der Waals surface area contributed by atoms with Crippen LogP contribution in [0.2, 0.25) is 0 Å². The molecule has 5 heteroatoms. The van der Waals surface area contributed by atoms with E-state index in [1.807, 2.05) is 19.9 Å². The molecule has 0 aliphatic heterocycles. The Balaban J connectivity index is 2.30. The summed E-state index contributed by atoms with van der Waals surface area (Å²) in [4.78, 5) is 0. The molecule has 1 N–H and O–H groups in total. The van der Waals surface area contributed by atoms with Gasteiger partial charge in [0.1, 0.15) is 11.5 Å². The second-order valence-electron chi connectivity index (χ2n) is 3.84. The predicted molar refractivity (Wildman–Crippen MR) is 63.4 cm³/mol. The second-order valence-corrected chi connectivity index (χ2v) is 3.84. The summed E-state index contributed by atoms with van der Waals surface area (Å²) in [6.07, 6.45) is 1.74. The Bertz CT molecular complexity index is 487. The molecule has 2 rings (SSSR count). The fourth-order valence-corrected chi connectivity index (χ4v) is 1.66. The maximum absolute atomic E-state index is 13.7. The van der Waals surface area contributed by atoms with Gasteiger partial charge in [0.15, 0.2) is 0 Å². The van der Waals surface area contributed by atoms with Crippen molar-refractivity contribution < 1.29 is 4.39 Å². The highest BCUT2D eigenvalue weighted by molar-refractivity contribution is 5.40. The fourth-order valence-electron chi connectivity index (χ4n) is 1.66. The molecule has 0 fully saturated rings. The number of nitrogens with zero attached hydrogens (tertiary/aromatic N) is 3. The normalized spacial score (nSPS) is 10.8. The van der Waals surface area contributed by atoms with Crippen LogP contribution in [-0.4, -0.2) is 21.5 Å². The van der Waals surface area contributed by atoms with Crippen molar-refractivity contribution in [3.05, 3.63) is 41.5 Å². The average Bonchev–Trinajstić information content (AvgIpc) is 2.75. The van der Waals surface area contributed by atoms with Gasteiger partial charge in [-0.05, 0) is 25.1 Å². The number of aryl methyl sites for hydroxylation is 1. The molecule has 1 aromatic carbocycles. The minimum atomic E-state index is -0.287. The number of rotatable bonds is 4. The van der Waals surface area contributed by atoms with Gasteiger partial charge in [0.05, 0.1) is 11.9 Å². The van der Waals surface area contributed by atoms with Crippen molar-refractivity contribution in [3.63, 3.8) is 0 Å². The molecule has 1 aromatic heterocycles. The smallest absolute Gasteiger partial charge is 0.149 e. The van der Waals surface area contributed by atoms with Crippen molar-refractivity contribution >= 4 is 0 Å². The van der Waals surface area contributed by atoms with Crippen LogP contribution < -0.4 is 5.32 Å². The molecule has 0 amide bonds. The lowest BCUT2D eigenvalue weighted by Crippen LogP contribution is -2.11. The van der Waals surface area contributed by atoms with Gasteiger partial charge in [-0.1, -0.05) is 24.3 Å². The number of nitrogens with one attached hydrogen (secondary N) is 1. The summed E-state index contributed by atoms with van der Waals surface area (Å²) >= 11 is 0. The summed E-state index contributed by atoms with van der Waals surface area (Å²) in [5.41, 5.74) is 2.10. The number of benzene rings is 1. The molecule has 0 saturated heterocycles. The standard InChI is InChI=1S/C12H15FN4/c1-3-14-7-10-8-17(16-15-10)12-9(2)5-4-6-11(12)13/h4-6,8,14H,3,7H2,1-2H3. The van der Waals surface area contributed by atoms with Crippen LogP contribution in [0.3, 0.4) is 0 Å². The molecule has 0 spiro atoms. The third-order valence-electron chi connectivity index (χ3n) is 2.51. The molecule has 90 valence electrons. The number of hydrogen-bond acceptors (Lipinski definition) is 3. The minimum absolute atomic E-state index is 0.287. The first-order valence-electron chi connectivity index (χ1n) is 5.59. The number of aromatic nitrogens is 3. The topological polar surface area (TPSA) is 42.7 Å². The first-order valence-corrected chi connectivity index (χ1v) is 5.59. The van der Waals surface area contributed by atoms with E-state index in [0.717, 1.165) is 17.8 Å². The second kappa shape index (κ2) is 5.05. The maximum atomic E-state index is 13.7. The van der Waals surface area contributed by atoms with E-state index >= 15 is 0 Å². The molecule has 0 atom stereocenters. The zero-order chi connectivity index (χ0) is 12.3. The SMILES string of the molecule is CCNCc1cn(-c2c(C)cccc2F)nn1. The third-order valence-corrected chi connectivity index (χ3v) is 2.51. The lowest BCUT2D eigenvalue weighted by molar-refractivity contribution is 0.605. The van der Waals surface area contributed by atoms with Crippen LogP contribution in [0.4, 0.5) is 4.39 Å². The van der Waals surface area contributed by atoms with Crippen LogP contribution in [-0.2, 0) is 6.54 Å². The molecule has 0 aliphatic rings. The average molecular weight is 234 g/mol. The number of halogens is 1. The highest BCUT2D eigenvalue weighted by Gasteiger charge is 2.09. The summed E-state index contributed by atoms with van der Waals surface area (Å²) in [7, 11) is 0. The van der Waals surface area contributed by atoms with Crippen LogP contribution in [0.15, 0.2) is 24.4 Å². The van der Waals surface area contributed by atoms with Crippen molar-refractivity contribution in [1.82, 2.24) is 20.3 Å². The molecule has 17 heavy (non-hydrogen) atoms. The quantitative estimate of drug-likeness (QED) is 0.877. The van der Waals surface area contributed by atoms with Crippen molar-refractivity contribution in [2.75, 3.05) is 6.54 Å². The highest BCUT2D eigenvalue weighted by Crippen LogP contribution is 2.16. The van der Waals surface area contributed by atoms with E-state index in [4.69, 9.17) is 0 Å². The monoisotopic (exact) mass is 234 g/mol. The number of hydrogen-bond donors (Lipinski definition) is 1.